The second kappa shape index (κ2) is 7.68. The maximum Gasteiger partial charge on any atom is 0.326 e. The molecular weight excluding hydrogens is 445 g/mol. The molecule has 0 radical (unpaired) electrons. The third-order valence-electron chi connectivity index (χ3n) is 7.13. The third kappa shape index (κ3) is 3.56. The molecule has 33 heavy (non-hydrogen) atoms. The first kappa shape index (κ1) is 22.1. The smallest absolute Gasteiger partial charge is 0.306 e. The Morgan fingerprint density at radius 1 is 1.18 bits per heavy atom. The summed E-state index contributed by atoms with van der Waals surface area (Å²) in [4.78, 5) is 17.1. The first-order valence-corrected chi connectivity index (χ1v) is 12.4. The number of piperidine rings is 1. The maximum atomic E-state index is 14.0. The molecule has 8 nitrogen and oxygen atoms in total. The van der Waals surface area contributed by atoms with E-state index in [0.717, 1.165) is 16.6 Å². The highest BCUT2D eigenvalue weighted by atomic mass is 32.2. The molecule has 10 heteroatoms. The molecule has 2 aliphatic heterocycles. The number of halogens is 1. The zero-order valence-corrected chi connectivity index (χ0v) is 19.8. The van der Waals surface area contributed by atoms with Crippen molar-refractivity contribution in [1.29, 1.82) is 0 Å². The molecule has 2 aliphatic rings. The highest BCUT2D eigenvalue weighted by molar-refractivity contribution is 7.90. The molecule has 0 saturated carbocycles. The largest absolute Gasteiger partial charge is 0.326 e. The molecule has 2 aromatic carbocycles. The van der Waals surface area contributed by atoms with Crippen molar-refractivity contribution in [2.45, 2.75) is 37.9 Å². The molecule has 2 fully saturated rings. The number of anilines is 1. The molecule has 1 spiro atoms. The number of nitrogens with one attached hydrogen (secondary N) is 1. The number of likely N-dealkylation sites (N-methyl/N-ethyl adjacent to an activating group) is 1. The van der Waals surface area contributed by atoms with E-state index in [-0.39, 0.29) is 11.7 Å². The second-order valence-corrected chi connectivity index (χ2v) is 11.2. The van der Waals surface area contributed by atoms with Crippen molar-refractivity contribution in [2.75, 3.05) is 24.4 Å². The Balaban J connectivity index is 1.42. The van der Waals surface area contributed by atoms with Gasteiger partial charge in [-0.05, 0) is 55.7 Å². The number of fused-ring (bicyclic) bond motifs is 1. The van der Waals surface area contributed by atoms with Gasteiger partial charge in [-0.2, -0.15) is 12.7 Å². The van der Waals surface area contributed by atoms with Gasteiger partial charge in [0.25, 0.3) is 0 Å². The topological polar surface area (TPSA) is 81.6 Å². The SMILES string of the molecule is C[C@H]1C[C@]2(CCN1Cc1ccc3[nH]c(=O)n(C)c3c1)CN(C)S(=O)(=O)N2c1cccc(F)c1. The fourth-order valence-electron chi connectivity index (χ4n) is 5.47. The quantitative estimate of drug-likeness (QED) is 0.634. The fourth-order valence-corrected chi connectivity index (χ4v) is 7.25. The van der Waals surface area contributed by atoms with Gasteiger partial charge in [-0.1, -0.05) is 12.1 Å². The van der Waals surface area contributed by atoms with Gasteiger partial charge < -0.3 is 4.98 Å². The Bertz CT molecular complexity index is 1380. The van der Waals surface area contributed by atoms with Crippen LogP contribution in [0.1, 0.15) is 25.3 Å². The lowest BCUT2D eigenvalue weighted by Crippen LogP contribution is -2.57. The number of likely N-dealkylation sites (tertiary alicyclic amines) is 1. The predicted molar refractivity (Wildman–Crippen MR) is 126 cm³/mol. The molecule has 0 amide bonds. The van der Waals surface area contributed by atoms with Gasteiger partial charge in [-0.3, -0.25) is 13.8 Å². The van der Waals surface area contributed by atoms with Crippen LogP contribution in [-0.4, -0.2) is 58.9 Å². The second-order valence-electron chi connectivity index (χ2n) is 9.35. The highest BCUT2D eigenvalue weighted by Gasteiger charge is 2.55. The number of hydrogen-bond donors (Lipinski definition) is 1. The lowest BCUT2D eigenvalue weighted by Gasteiger charge is -2.47. The predicted octanol–water partition coefficient (Wildman–Crippen LogP) is 2.43. The zero-order chi connectivity index (χ0) is 23.5. The molecule has 176 valence electrons. The van der Waals surface area contributed by atoms with Crippen LogP contribution < -0.4 is 9.99 Å². The summed E-state index contributed by atoms with van der Waals surface area (Å²) in [7, 11) is -0.391. The molecule has 1 N–H and O–H groups in total. The van der Waals surface area contributed by atoms with Crippen molar-refractivity contribution in [3.63, 3.8) is 0 Å². The Morgan fingerprint density at radius 2 is 1.97 bits per heavy atom. The van der Waals surface area contributed by atoms with E-state index in [1.165, 1.54) is 20.7 Å². The van der Waals surface area contributed by atoms with Crippen molar-refractivity contribution in [2.24, 2.45) is 7.05 Å². The molecule has 0 aliphatic carbocycles. The Labute approximate surface area is 192 Å². The van der Waals surface area contributed by atoms with E-state index in [4.69, 9.17) is 0 Å². The molecule has 5 rings (SSSR count). The van der Waals surface area contributed by atoms with Crippen LogP contribution >= 0.6 is 0 Å². The summed E-state index contributed by atoms with van der Waals surface area (Å²) < 4.78 is 44.8. The van der Waals surface area contributed by atoms with Crippen LogP contribution in [0.2, 0.25) is 0 Å². The van der Waals surface area contributed by atoms with Crippen molar-refractivity contribution in [3.05, 3.63) is 64.3 Å². The number of hydrogen-bond acceptors (Lipinski definition) is 4. The minimum atomic E-state index is -3.72. The van der Waals surface area contributed by atoms with Crippen molar-refractivity contribution < 1.29 is 12.8 Å². The van der Waals surface area contributed by atoms with Gasteiger partial charge >= 0.3 is 15.9 Å². The maximum absolute atomic E-state index is 14.0. The van der Waals surface area contributed by atoms with E-state index in [0.29, 0.717) is 38.2 Å². The molecule has 3 aromatic rings. The van der Waals surface area contributed by atoms with Gasteiger partial charge in [0.1, 0.15) is 5.82 Å². The van der Waals surface area contributed by atoms with Crippen LogP contribution in [0.4, 0.5) is 10.1 Å². The lowest BCUT2D eigenvalue weighted by atomic mass is 9.82. The molecule has 2 atom stereocenters. The normalized spacial score (nSPS) is 25.9. The average Bonchev–Trinajstić information content (AvgIpc) is 3.13. The van der Waals surface area contributed by atoms with E-state index in [2.05, 4.69) is 16.8 Å². The van der Waals surface area contributed by atoms with Gasteiger partial charge in [0.15, 0.2) is 0 Å². The molecule has 3 heterocycles. The van der Waals surface area contributed by atoms with Crippen molar-refractivity contribution in [1.82, 2.24) is 18.8 Å². The number of aryl methyl sites for hydroxylation is 1. The number of rotatable bonds is 3. The Morgan fingerprint density at radius 3 is 2.70 bits per heavy atom. The van der Waals surface area contributed by atoms with Gasteiger partial charge in [0.2, 0.25) is 0 Å². The van der Waals surface area contributed by atoms with Crippen LogP contribution in [0.15, 0.2) is 47.3 Å². The van der Waals surface area contributed by atoms with Gasteiger partial charge in [0, 0.05) is 39.8 Å². The minimum absolute atomic E-state index is 0.113. The molecule has 0 unspecified atom stereocenters. The summed E-state index contributed by atoms with van der Waals surface area (Å²) in [6.45, 7) is 3.90. The third-order valence-corrected chi connectivity index (χ3v) is 9.11. The molecule has 0 bridgehead atoms. The van der Waals surface area contributed by atoms with E-state index >= 15 is 0 Å². The van der Waals surface area contributed by atoms with E-state index < -0.39 is 21.6 Å². The standard InChI is InChI=1S/C23H28FN5O3S/c1-16-13-23(15-26(2)33(31,32)29(23)19-6-4-5-18(24)12-19)9-10-28(16)14-17-7-8-20-21(11-17)27(3)22(30)25-20/h4-8,11-12,16H,9-10,13-15H2,1-3H3,(H,25,30)/t16-,23+/m0/s1. The Hall–Kier alpha value is -2.69. The van der Waals surface area contributed by atoms with E-state index in [1.807, 2.05) is 18.2 Å². The van der Waals surface area contributed by atoms with Crippen LogP contribution in [0.3, 0.4) is 0 Å². The first-order valence-electron chi connectivity index (χ1n) is 11.0. The van der Waals surface area contributed by atoms with Gasteiger partial charge in [-0.15, -0.1) is 0 Å². The zero-order valence-electron chi connectivity index (χ0n) is 19.0. The highest BCUT2D eigenvalue weighted by Crippen LogP contribution is 2.44. The summed E-state index contributed by atoms with van der Waals surface area (Å²) in [6.07, 6.45) is 1.28. The monoisotopic (exact) mass is 473 g/mol. The average molecular weight is 474 g/mol. The van der Waals surface area contributed by atoms with Crippen molar-refractivity contribution >= 4 is 26.9 Å². The van der Waals surface area contributed by atoms with Crippen LogP contribution in [0.5, 0.6) is 0 Å². The van der Waals surface area contributed by atoms with Crippen LogP contribution in [0.25, 0.3) is 11.0 Å². The Kier molecular flexibility index (Phi) is 5.15. The number of aromatic amines is 1. The summed E-state index contributed by atoms with van der Waals surface area (Å²) in [5.41, 5.74) is 2.38. The summed E-state index contributed by atoms with van der Waals surface area (Å²) in [5, 5.41) is 0. The molecule has 2 saturated heterocycles. The molecule has 1 aromatic heterocycles. The summed E-state index contributed by atoms with van der Waals surface area (Å²) in [5.74, 6) is -0.451. The van der Waals surface area contributed by atoms with Crippen LogP contribution in [0, 0.1) is 5.82 Å². The lowest BCUT2D eigenvalue weighted by molar-refractivity contribution is 0.100. The van der Waals surface area contributed by atoms with Gasteiger partial charge in [0.05, 0.1) is 22.3 Å². The summed E-state index contributed by atoms with van der Waals surface area (Å²) in [6, 6.07) is 11.9. The number of benzene rings is 2. The number of imidazole rings is 1. The van der Waals surface area contributed by atoms with Crippen molar-refractivity contribution in [3.8, 4) is 0 Å². The van der Waals surface area contributed by atoms with Crippen LogP contribution in [-0.2, 0) is 23.8 Å². The fraction of sp³-hybridized carbons (Fsp3) is 0.435. The first-order chi connectivity index (χ1) is 15.6. The number of aromatic nitrogens is 2. The number of nitrogens with zero attached hydrogens (tertiary/aromatic N) is 4. The minimum Gasteiger partial charge on any atom is -0.306 e. The molecular formula is C23H28FN5O3S. The summed E-state index contributed by atoms with van der Waals surface area (Å²) >= 11 is 0. The number of H-pyrrole nitrogens is 1. The van der Waals surface area contributed by atoms with Gasteiger partial charge in [-0.25, -0.2) is 9.18 Å². The van der Waals surface area contributed by atoms with E-state index in [1.54, 1.807) is 30.8 Å². The van der Waals surface area contributed by atoms with E-state index in [9.17, 15) is 17.6 Å².